The van der Waals surface area contributed by atoms with Gasteiger partial charge in [0.1, 0.15) is 0 Å². The quantitative estimate of drug-likeness (QED) is 0.806. The third-order valence-corrected chi connectivity index (χ3v) is 5.86. The summed E-state index contributed by atoms with van der Waals surface area (Å²) in [6, 6.07) is 16.3. The Morgan fingerprint density at radius 2 is 1.56 bits per heavy atom. The Bertz CT molecular complexity index is 772. The van der Waals surface area contributed by atoms with Gasteiger partial charge in [0.05, 0.1) is 5.92 Å². The monoisotopic (exact) mass is 336 g/mol. The molecular weight excluding hydrogens is 308 g/mol. The smallest absolute Gasteiger partial charge is 0.311 e. The Kier molecular flexibility index (Phi) is 4.49. The Morgan fingerprint density at radius 1 is 0.960 bits per heavy atom. The van der Waals surface area contributed by atoms with E-state index in [4.69, 9.17) is 0 Å². The minimum atomic E-state index is -0.753. The molecule has 3 rings (SSSR count). The lowest BCUT2D eigenvalue weighted by atomic mass is 9.62. The van der Waals surface area contributed by atoms with Crippen molar-refractivity contribution < 1.29 is 9.90 Å². The van der Waals surface area contributed by atoms with Gasteiger partial charge in [0.2, 0.25) is 0 Å². The molecule has 0 aromatic heterocycles. The molecule has 1 atom stereocenters. The molecule has 0 radical (unpaired) electrons. The fourth-order valence-electron chi connectivity index (χ4n) is 4.02. The molecule has 0 saturated carbocycles. The number of carbonyl (C=O) groups is 1. The van der Waals surface area contributed by atoms with Crippen LogP contribution in [-0.4, -0.2) is 11.1 Å². The Balaban J connectivity index is 2.03. The first kappa shape index (κ1) is 17.7. The third kappa shape index (κ3) is 3.49. The number of fused-ring (bicyclic) bond motifs is 1. The Morgan fingerprint density at radius 3 is 2.16 bits per heavy atom. The standard InChI is InChI=1S/C23H28O2/c1-22(2)12-13-23(3,4)20-15-17(10-11-19(20)22)18(21(24)25)14-16-8-6-5-7-9-16/h5-11,15,18H,12-14H2,1-4H3,(H,24,25). The molecule has 2 aromatic rings. The molecule has 1 unspecified atom stereocenters. The van der Waals surface area contributed by atoms with Gasteiger partial charge in [0, 0.05) is 0 Å². The fraction of sp³-hybridized carbons (Fsp3) is 0.435. The summed E-state index contributed by atoms with van der Waals surface area (Å²) in [5, 5.41) is 9.82. The van der Waals surface area contributed by atoms with Crippen LogP contribution in [0.5, 0.6) is 0 Å². The molecule has 2 nitrogen and oxygen atoms in total. The van der Waals surface area contributed by atoms with Crippen LogP contribution in [0.4, 0.5) is 0 Å². The molecule has 0 fully saturated rings. The number of carboxylic acid groups (broad SMARTS) is 1. The number of hydrogen-bond donors (Lipinski definition) is 1. The molecule has 132 valence electrons. The van der Waals surface area contributed by atoms with E-state index in [9.17, 15) is 9.90 Å². The van der Waals surface area contributed by atoms with Gasteiger partial charge in [-0.3, -0.25) is 4.79 Å². The maximum Gasteiger partial charge on any atom is 0.311 e. The normalized spacial score (nSPS) is 19.0. The molecule has 0 bridgehead atoms. The molecule has 1 aliphatic rings. The zero-order valence-electron chi connectivity index (χ0n) is 15.7. The lowest BCUT2D eigenvalue weighted by molar-refractivity contribution is -0.138. The van der Waals surface area contributed by atoms with E-state index in [0.29, 0.717) is 6.42 Å². The van der Waals surface area contributed by atoms with E-state index in [-0.39, 0.29) is 10.8 Å². The van der Waals surface area contributed by atoms with Crippen molar-refractivity contribution in [2.24, 2.45) is 0 Å². The van der Waals surface area contributed by atoms with E-state index in [0.717, 1.165) is 17.5 Å². The molecule has 0 aliphatic heterocycles. The summed E-state index contributed by atoms with van der Waals surface area (Å²) in [6.45, 7) is 9.13. The second-order valence-corrected chi connectivity index (χ2v) is 8.65. The largest absolute Gasteiger partial charge is 0.481 e. The van der Waals surface area contributed by atoms with Crippen LogP contribution < -0.4 is 0 Å². The number of rotatable bonds is 4. The summed E-state index contributed by atoms with van der Waals surface area (Å²) in [5.74, 6) is -1.26. The number of benzene rings is 2. The second-order valence-electron chi connectivity index (χ2n) is 8.65. The van der Waals surface area contributed by atoms with Gasteiger partial charge in [-0.05, 0) is 52.3 Å². The summed E-state index contributed by atoms with van der Waals surface area (Å²) in [6.07, 6.45) is 2.82. The molecule has 1 N–H and O–H groups in total. The average molecular weight is 336 g/mol. The van der Waals surface area contributed by atoms with Crippen molar-refractivity contribution in [2.75, 3.05) is 0 Å². The number of hydrogen-bond acceptors (Lipinski definition) is 1. The van der Waals surface area contributed by atoms with Gasteiger partial charge in [-0.25, -0.2) is 0 Å². The zero-order valence-corrected chi connectivity index (χ0v) is 15.7. The highest BCUT2D eigenvalue weighted by Gasteiger charge is 2.37. The van der Waals surface area contributed by atoms with Crippen molar-refractivity contribution in [3.05, 3.63) is 70.8 Å². The van der Waals surface area contributed by atoms with Crippen molar-refractivity contribution in [3.63, 3.8) is 0 Å². The zero-order chi connectivity index (χ0) is 18.2. The minimum absolute atomic E-state index is 0.0939. The second kappa shape index (κ2) is 6.33. The fourth-order valence-corrected chi connectivity index (χ4v) is 4.02. The molecule has 0 amide bonds. The highest BCUT2D eigenvalue weighted by Crippen LogP contribution is 2.46. The van der Waals surface area contributed by atoms with Crippen molar-refractivity contribution in [2.45, 2.75) is 63.7 Å². The van der Waals surface area contributed by atoms with Gasteiger partial charge in [-0.2, -0.15) is 0 Å². The molecule has 2 heteroatoms. The van der Waals surface area contributed by atoms with E-state index in [1.54, 1.807) is 0 Å². The summed E-state index contributed by atoms with van der Waals surface area (Å²) >= 11 is 0. The number of carboxylic acids is 1. The molecule has 1 aliphatic carbocycles. The van der Waals surface area contributed by atoms with Gasteiger partial charge >= 0.3 is 5.97 Å². The van der Waals surface area contributed by atoms with Crippen molar-refractivity contribution in [1.29, 1.82) is 0 Å². The van der Waals surface area contributed by atoms with Crippen LogP contribution in [0.1, 0.15) is 68.7 Å². The van der Waals surface area contributed by atoms with Crippen LogP contribution in [0.15, 0.2) is 48.5 Å². The van der Waals surface area contributed by atoms with Crippen LogP contribution in [0.3, 0.4) is 0 Å². The predicted octanol–water partition coefficient (Wildman–Crippen LogP) is 5.45. The van der Waals surface area contributed by atoms with Crippen LogP contribution in [0.2, 0.25) is 0 Å². The van der Waals surface area contributed by atoms with Gasteiger partial charge in [-0.1, -0.05) is 76.2 Å². The average Bonchev–Trinajstić information content (AvgIpc) is 2.57. The highest BCUT2D eigenvalue weighted by atomic mass is 16.4. The highest BCUT2D eigenvalue weighted by molar-refractivity contribution is 5.76. The molecular formula is C23H28O2. The maximum absolute atomic E-state index is 12.0. The molecule has 0 saturated heterocycles. The van der Waals surface area contributed by atoms with Gasteiger partial charge in [-0.15, -0.1) is 0 Å². The van der Waals surface area contributed by atoms with E-state index in [2.05, 4.69) is 39.8 Å². The van der Waals surface area contributed by atoms with Crippen molar-refractivity contribution >= 4 is 5.97 Å². The SMILES string of the molecule is CC1(C)CCC(C)(C)c2cc(C(Cc3ccccc3)C(=O)O)ccc21. The summed E-state index contributed by atoms with van der Waals surface area (Å²) < 4.78 is 0. The Labute approximate surface area is 150 Å². The van der Waals surface area contributed by atoms with E-state index < -0.39 is 11.9 Å². The van der Waals surface area contributed by atoms with Gasteiger partial charge in [0.25, 0.3) is 0 Å². The molecule has 0 heterocycles. The van der Waals surface area contributed by atoms with E-state index in [1.807, 2.05) is 36.4 Å². The minimum Gasteiger partial charge on any atom is -0.481 e. The Hall–Kier alpha value is -2.09. The summed E-state index contributed by atoms with van der Waals surface area (Å²) in [5.41, 5.74) is 4.92. The van der Waals surface area contributed by atoms with Crippen LogP contribution in [-0.2, 0) is 22.0 Å². The molecule has 2 aromatic carbocycles. The predicted molar refractivity (Wildman–Crippen MR) is 102 cm³/mol. The van der Waals surface area contributed by atoms with E-state index in [1.165, 1.54) is 17.5 Å². The third-order valence-electron chi connectivity index (χ3n) is 5.86. The molecule has 0 spiro atoms. The van der Waals surface area contributed by atoms with Crippen LogP contribution >= 0.6 is 0 Å². The van der Waals surface area contributed by atoms with Crippen LogP contribution in [0, 0.1) is 0 Å². The van der Waals surface area contributed by atoms with Crippen molar-refractivity contribution in [3.8, 4) is 0 Å². The van der Waals surface area contributed by atoms with Gasteiger partial charge in [0.15, 0.2) is 0 Å². The topological polar surface area (TPSA) is 37.3 Å². The first-order valence-corrected chi connectivity index (χ1v) is 9.12. The number of aliphatic carboxylic acids is 1. The first-order chi connectivity index (χ1) is 11.7. The summed E-state index contributed by atoms with van der Waals surface area (Å²) in [4.78, 5) is 12.0. The molecule has 25 heavy (non-hydrogen) atoms. The van der Waals surface area contributed by atoms with E-state index >= 15 is 0 Å². The lowest BCUT2D eigenvalue weighted by Gasteiger charge is -2.42. The van der Waals surface area contributed by atoms with Crippen LogP contribution in [0.25, 0.3) is 0 Å². The maximum atomic E-state index is 12.0. The first-order valence-electron chi connectivity index (χ1n) is 9.12. The lowest BCUT2D eigenvalue weighted by Crippen LogP contribution is -2.34. The van der Waals surface area contributed by atoms with Gasteiger partial charge < -0.3 is 5.11 Å². The summed E-state index contributed by atoms with van der Waals surface area (Å²) in [7, 11) is 0. The van der Waals surface area contributed by atoms with Crippen molar-refractivity contribution in [1.82, 2.24) is 0 Å².